The number of nitrogens with one attached hydrogen (secondary N) is 1. The summed E-state index contributed by atoms with van der Waals surface area (Å²) < 4.78 is 15.2. The zero-order valence-corrected chi connectivity index (χ0v) is 12.5. The van der Waals surface area contributed by atoms with E-state index in [0.717, 1.165) is 11.1 Å². The van der Waals surface area contributed by atoms with Gasteiger partial charge in [-0.25, -0.2) is 14.1 Å². The standard InChI is InChI=1S/C17H15FN4O/c1-12-6-2-3-7-13(12)10-22-11-19-17(21-22)20-16(23)14-8-4-5-9-15(14)18/h2-9,11H,10H2,1H3,(H,20,21,23). The Morgan fingerprint density at radius 2 is 1.91 bits per heavy atom. The maximum atomic E-state index is 13.6. The van der Waals surface area contributed by atoms with E-state index in [1.807, 2.05) is 31.2 Å². The first-order valence-corrected chi connectivity index (χ1v) is 7.13. The van der Waals surface area contributed by atoms with E-state index in [1.54, 1.807) is 10.7 Å². The quantitative estimate of drug-likeness (QED) is 0.806. The number of amides is 1. The van der Waals surface area contributed by atoms with Crippen LogP contribution in [0.1, 0.15) is 21.5 Å². The summed E-state index contributed by atoms with van der Waals surface area (Å²) in [5, 5.41) is 6.69. The summed E-state index contributed by atoms with van der Waals surface area (Å²) in [5.41, 5.74) is 2.23. The molecule has 1 amide bonds. The molecular formula is C17H15FN4O. The SMILES string of the molecule is Cc1ccccc1Cn1cnc(NC(=O)c2ccccc2F)n1. The van der Waals surface area contributed by atoms with Crippen molar-refractivity contribution in [2.24, 2.45) is 0 Å². The summed E-state index contributed by atoms with van der Waals surface area (Å²) in [6, 6.07) is 13.7. The molecule has 0 aliphatic rings. The van der Waals surface area contributed by atoms with Crippen LogP contribution in [0.5, 0.6) is 0 Å². The topological polar surface area (TPSA) is 59.8 Å². The van der Waals surface area contributed by atoms with E-state index in [2.05, 4.69) is 15.4 Å². The molecule has 0 saturated carbocycles. The zero-order chi connectivity index (χ0) is 16.2. The molecule has 0 aliphatic heterocycles. The minimum atomic E-state index is -0.579. The molecule has 2 aromatic carbocycles. The molecule has 1 N–H and O–H groups in total. The number of anilines is 1. The number of benzene rings is 2. The van der Waals surface area contributed by atoms with Crippen LogP contribution in [-0.4, -0.2) is 20.7 Å². The van der Waals surface area contributed by atoms with E-state index < -0.39 is 11.7 Å². The van der Waals surface area contributed by atoms with E-state index in [1.165, 1.54) is 24.5 Å². The van der Waals surface area contributed by atoms with Crippen LogP contribution in [0.15, 0.2) is 54.9 Å². The van der Waals surface area contributed by atoms with Gasteiger partial charge < -0.3 is 0 Å². The van der Waals surface area contributed by atoms with Gasteiger partial charge >= 0.3 is 0 Å². The van der Waals surface area contributed by atoms with Crippen molar-refractivity contribution < 1.29 is 9.18 Å². The Labute approximate surface area is 132 Å². The third-order valence-corrected chi connectivity index (χ3v) is 3.47. The molecule has 0 saturated heterocycles. The number of nitrogens with zero attached hydrogens (tertiary/aromatic N) is 3. The molecule has 0 fully saturated rings. The van der Waals surface area contributed by atoms with Crippen molar-refractivity contribution in [3.8, 4) is 0 Å². The van der Waals surface area contributed by atoms with Gasteiger partial charge in [-0.3, -0.25) is 10.1 Å². The van der Waals surface area contributed by atoms with Crippen LogP contribution in [0.4, 0.5) is 10.3 Å². The molecule has 0 atom stereocenters. The van der Waals surface area contributed by atoms with Gasteiger partial charge in [-0.1, -0.05) is 36.4 Å². The van der Waals surface area contributed by atoms with Gasteiger partial charge in [0.05, 0.1) is 12.1 Å². The summed E-state index contributed by atoms with van der Waals surface area (Å²) in [5.74, 6) is -1.01. The Hall–Kier alpha value is -3.02. The van der Waals surface area contributed by atoms with Crippen LogP contribution < -0.4 is 5.32 Å². The van der Waals surface area contributed by atoms with Gasteiger partial charge in [0.15, 0.2) is 0 Å². The number of carbonyl (C=O) groups is 1. The molecule has 3 aromatic rings. The number of hydrogen-bond acceptors (Lipinski definition) is 3. The lowest BCUT2D eigenvalue weighted by molar-refractivity contribution is 0.102. The largest absolute Gasteiger partial charge is 0.289 e. The van der Waals surface area contributed by atoms with E-state index in [-0.39, 0.29) is 11.5 Å². The van der Waals surface area contributed by atoms with Crippen molar-refractivity contribution in [1.82, 2.24) is 14.8 Å². The molecule has 5 nitrogen and oxygen atoms in total. The number of rotatable bonds is 4. The van der Waals surface area contributed by atoms with Gasteiger partial charge in [0.2, 0.25) is 5.95 Å². The Morgan fingerprint density at radius 3 is 2.70 bits per heavy atom. The van der Waals surface area contributed by atoms with Crippen LogP contribution in [0, 0.1) is 12.7 Å². The van der Waals surface area contributed by atoms with Gasteiger partial charge in [0.1, 0.15) is 12.1 Å². The number of aryl methyl sites for hydroxylation is 1. The summed E-state index contributed by atoms with van der Waals surface area (Å²) in [6.07, 6.45) is 1.53. The van der Waals surface area contributed by atoms with Crippen molar-refractivity contribution in [1.29, 1.82) is 0 Å². The average molecular weight is 310 g/mol. The van der Waals surface area contributed by atoms with Crippen LogP contribution in [0.2, 0.25) is 0 Å². The maximum Gasteiger partial charge on any atom is 0.261 e. The molecule has 3 rings (SSSR count). The van der Waals surface area contributed by atoms with Gasteiger partial charge in [-0.15, -0.1) is 5.10 Å². The first kappa shape index (κ1) is 14.9. The summed E-state index contributed by atoms with van der Waals surface area (Å²) in [6.45, 7) is 2.57. The molecule has 1 aromatic heterocycles. The van der Waals surface area contributed by atoms with Gasteiger partial charge in [-0.2, -0.15) is 0 Å². The third-order valence-electron chi connectivity index (χ3n) is 3.47. The van der Waals surface area contributed by atoms with Gasteiger partial charge in [0, 0.05) is 0 Å². The zero-order valence-electron chi connectivity index (χ0n) is 12.5. The lowest BCUT2D eigenvalue weighted by atomic mass is 10.1. The monoisotopic (exact) mass is 310 g/mol. The summed E-state index contributed by atoms with van der Waals surface area (Å²) >= 11 is 0. The second-order valence-electron chi connectivity index (χ2n) is 5.13. The fourth-order valence-corrected chi connectivity index (χ4v) is 2.20. The van der Waals surface area contributed by atoms with E-state index in [0.29, 0.717) is 6.54 Å². The highest BCUT2D eigenvalue weighted by molar-refractivity contribution is 6.03. The second kappa shape index (κ2) is 6.39. The maximum absolute atomic E-state index is 13.6. The highest BCUT2D eigenvalue weighted by Gasteiger charge is 2.13. The molecule has 1 heterocycles. The normalized spacial score (nSPS) is 10.5. The van der Waals surface area contributed by atoms with Crippen LogP contribution in [0.25, 0.3) is 0 Å². The van der Waals surface area contributed by atoms with Crippen molar-refractivity contribution in [2.45, 2.75) is 13.5 Å². The predicted molar refractivity (Wildman–Crippen MR) is 84.7 cm³/mol. The molecule has 0 radical (unpaired) electrons. The third kappa shape index (κ3) is 3.42. The number of halogens is 1. The molecule has 0 aliphatic carbocycles. The molecule has 23 heavy (non-hydrogen) atoms. The number of hydrogen-bond donors (Lipinski definition) is 1. The molecular weight excluding hydrogens is 295 g/mol. The molecule has 0 unspecified atom stereocenters. The van der Waals surface area contributed by atoms with E-state index in [9.17, 15) is 9.18 Å². The van der Waals surface area contributed by atoms with Crippen molar-refractivity contribution in [3.63, 3.8) is 0 Å². The van der Waals surface area contributed by atoms with Crippen LogP contribution in [0.3, 0.4) is 0 Å². The van der Waals surface area contributed by atoms with Crippen LogP contribution >= 0.6 is 0 Å². The van der Waals surface area contributed by atoms with E-state index >= 15 is 0 Å². The molecule has 6 heteroatoms. The first-order chi connectivity index (χ1) is 11.1. The van der Waals surface area contributed by atoms with Crippen LogP contribution in [-0.2, 0) is 6.54 Å². The molecule has 0 bridgehead atoms. The number of carbonyl (C=O) groups excluding carboxylic acids is 1. The Balaban J connectivity index is 1.72. The minimum absolute atomic E-state index is 0.0391. The minimum Gasteiger partial charge on any atom is -0.289 e. The van der Waals surface area contributed by atoms with Gasteiger partial charge in [0.25, 0.3) is 5.91 Å². The van der Waals surface area contributed by atoms with Crippen molar-refractivity contribution in [2.75, 3.05) is 5.32 Å². The first-order valence-electron chi connectivity index (χ1n) is 7.13. The Bertz CT molecular complexity index is 844. The summed E-state index contributed by atoms with van der Waals surface area (Å²) in [4.78, 5) is 16.1. The van der Waals surface area contributed by atoms with Crippen molar-refractivity contribution in [3.05, 3.63) is 77.4 Å². The molecule has 116 valence electrons. The van der Waals surface area contributed by atoms with Crippen molar-refractivity contribution >= 4 is 11.9 Å². The number of aromatic nitrogens is 3. The molecule has 0 spiro atoms. The highest BCUT2D eigenvalue weighted by atomic mass is 19.1. The fourth-order valence-electron chi connectivity index (χ4n) is 2.20. The summed E-state index contributed by atoms with van der Waals surface area (Å²) in [7, 11) is 0. The highest BCUT2D eigenvalue weighted by Crippen LogP contribution is 2.11. The fraction of sp³-hybridized carbons (Fsp3) is 0.118. The Morgan fingerprint density at radius 1 is 1.17 bits per heavy atom. The smallest absolute Gasteiger partial charge is 0.261 e. The van der Waals surface area contributed by atoms with E-state index in [4.69, 9.17) is 0 Å². The predicted octanol–water partition coefficient (Wildman–Crippen LogP) is 3.03. The lowest BCUT2D eigenvalue weighted by Crippen LogP contribution is -2.15. The lowest BCUT2D eigenvalue weighted by Gasteiger charge is -2.05. The van der Waals surface area contributed by atoms with Gasteiger partial charge in [-0.05, 0) is 30.2 Å². The Kier molecular flexibility index (Phi) is 4.14. The second-order valence-corrected chi connectivity index (χ2v) is 5.13. The average Bonchev–Trinajstić information content (AvgIpc) is 2.97.